The van der Waals surface area contributed by atoms with E-state index in [4.69, 9.17) is 11.6 Å². The van der Waals surface area contributed by atoms with Crippen molar-refractivity contribution in [3.05, 3.63) is 59.5 Å². The number of aldehydes is 1. The van der Waals surface area contributed by atoms with Crippen LogP contribution in [0.5, 0.6) is 0 Å². The number of carbonyl (C=O) groups is 1. The summed E-state index contributed by atoms with van der Waals surface area (Å²) in [6.45, 7) is 0. The average Bonchev–Trinajstić information content (AvgIpc) is 2.71. The topological polar surface area (TPSA) is 34.9 Å². The Hall–Kier alpha value is -2.13. The first-order valence-corrected chi connectivity index (χ1v) is 5.85. The van der Waals surface area contributed by atoms with Gasteiger partial charge in [-0.05, 0) is 18.2 Å². The van der Waals surface area contributed by atoms with Crippen LogP contribution < -0.4 is 0 Å². The molecule has 0 spiro atoms. The largest absolute Gasteiger partial charge is 0.298 e. The van der Waals surface area contributed by atoms with Gasteiger partial charge in [0.2, 0.25) is 0 Å². The molecule has 0 N–H and O–H groups in total. The number of hydrogen-bond donors (Lipinski definition) is 0. The molecular formula is C14H9ClN2O. The monoisotopic (exact) mass is 256 g/mol. The second-order valence-corrected chi connectivity index (χ2v) is 4.24. The highest BCUT2D eigenvalue weighted by Crippen LogP contribution is 2.31. The Morgan fingerprint density at radius 3 is 2.67 bits per heavy atom. The fourth-order valence-electron chi connectivity index (χ4n) is 2.07. The average molecular weight is 257 g/mol. The number of fused-ring (bicyclic) bond motifs is 1. The van der Waals surface area contributed by atoms with E-state index >= 15 is 0 Å². The first-order valence-electron chi connectivity index (χ1n) is 5.47. The lowest BCUT2D eigenvalue weighted by Gasteiger charge is -2.06. The first kappa shape index (κ1) is 11.0. The minimum Gasteiger partial charge on any atom is -0.298 e. The predicted molar refractivity (Wildman–Crippen MR) is 71.5 cm³/mol. The Balaban J connectivity index is 2.43. The first-order chi connectivity index (χ1) is 8.83. The van der Waals surface area contributed by atoms with Crippen LogP contribution in [-0.2, 0) is 0 Å². The number of carbonyl (C=O) groups excluding carboxylic acids is 1. The number of rotatable bonds is 2. The zero-order valence-electron chi connectivity index (χ0n) is 9.38. The molecule has 0 bridgehead atoms. The van der Waals surface area contributed by atoms with Crippen LogP contribution in [0.3, 0.4) is 0 Å². The Bertz CT molecular complexity index is 719. The third-order valence-electron chi connectivity index (χ3n) is 2.88. The highest BCUT2D eigenvalue weighted by Gasteiger charge is 2.15. The number of para-hydroxylation sites is 1. The van der Waals surface area contributed by atoms with Crippen molar-refractivity contribution in [3.8, 4) is 5.69 Å². The molecule has 2 heterocycles. The summed E-state index contributed by atoms with van der Waals surface area (Å²) in [6.07, 6.45) is 4.15. The van der Waals surface area contributed by atoms with Crippen molar-refractivity contribution >= 4 is 28.8 Å². The second kappa shape index (κ2) is 4.27. The molecule has 1 aromatic carbocycles. The van der Waals surface area contributed by atoms with Gasteiger partial charge in [0.1, 0.15) is 5.15 Å². The van der Waals surface area contributed by atoms with Gasteiger partial charge in [-0.2, -0.15) is 0 Å². The summed E-state index contributed by atoms with van der Waals surface area (Å²) >= 11 is 6.29. The molecule has 0 aliphatic heterocycles. The summed E-state index contributed by atoms with van der Waals surface area (Å²) in [6, 6.07) is 11.5. The standard InChI is InChI=1S/C14H9ClN2O/c15-14-12(9-18)11-6-7-16-8-13(11)17(14)10-4-2-1-3-5-10/h1-9H. The summed E-state index contributed by atoms with van der Waals surface area (Å²) in [4.78, 5) is 15.3. The lowest BCUT2D eigenvalue weighted by Crippen LogP contribution is -1.93. The maximum absolute atomic E-state index is 11.2. The molecule has 3 rings (SSSR count). The van der Waals surface area contributed by atoms with E-state index in [9.17, 15) is 4.79 Å². The molecule has 88 valence electrons. The Labute approximate surface area is 109 Å². The fourth-order valence-corrected chi connectivity index (χ4v) is 2.41. The van der Waals surface area contributed by atoms with Crippen molar-refractivity contribution in [2.45, 2.75) is 0 Å². The molecule has 0 saturated heterocycles. The van der Waals surface area contributed by atoms with Gasteiger partial charge in [0.05, 0.1) is 17.3 Å². The fraction of sp³-hybridized carbons (Fsp3) is 0. The number of pyridine rings is 1. The molecule has 0 aliphatic rings. The van der Waals surface area contributed by atoms with Crippen molar-refractivity contribution in [3.63, 3.8) is 0 Å². The SMILES string of the molecule is O=Cc1c(Cl)n(-c2ccccc2)c2cnccc12. The van der Waals surface area contributed by atoms with Gasteiger partial charge in [0, 0.05) is 17.3 Å². The van der Waals surface area contributed by atoms with E-state index in [0.717, 1.165) is 22.9 Å². The lowest BCUT2D eigenvalue weighted by molar-refractivity contribution is 0.112. The molecule has 0 amide bonds. The van der Waals surface area contributed by atoms with Crippen molar-refractivity contribution in [1.82, 2.24) is 9.55 Å². The molecule has 4 heteroatoms. The van der Waals surface area contributed by atoms with Crippen LogP contribution in [0.4, 0.5) is 0 Å². The van der Waals surface area contributed by atoms with Crippen LogP contribution in [0.2, 0.25) is 5.15 Å². The van der Waals surface area contributed by atoms with Crippen LogP contribution >= 0.6 is 11.6 Å². The van der Waals surface area contributed by atoms with Gasteiger partial charge in [-0.25, -0.2) is 0 Å². The zero-order chi connectivity index (χ0) is 12.5. The minimum atomic E-state index is 0.416. The molecule has 0 aliphatic carbocycles. The van der Waals surface area contributed by atoms with Crippen molar-refractivity contribution in [2.75, 3.05) is 0 Å². The predicted octanol–water partition coefficient (Wildman–Crippen LogP) is 3.49. The highest BCUT2D eigenvalue weighted by molar-refractivity contribution is 6.34. The van der Waals surface area contributed by atoms with Crippen molar-refractivity contribution in [2.24, 2.45) is 0 Å². The van der Waals surface area contributed by atoms with Crippen LogP contribution in [-0.4, -0.2) is 15.8 Å². The summed E-state index contributed by atoms with van der Waals surface area (Å²) in [5, 5.41) is 1.23. The van der Waals surface area contributed by atoms with Gasteiger partial charge in [-0.3, -0.25) is 14.3 Å². The number of benzene rings is 1. The molecule has 3 nitrogen and oxygen atoms in total. The molecule has 0 unspecified atom stereocenters. The van der Waals surface area contributed by atoms with E-state index in [0.29, 0.717) is 10.7 Å². The number of nitrogens with zero attached hydrogens (tertiary/aromatic N) is 2. The quantitative estimate of drug-likeness (QED) is 0.658. The highest BCUT2D eigenvalue weighted by atomic mass is 35.5. The number of aromatic nitrogens is 2. The van der Waals surface area contributed by atoms with Crippen LogP contribution in [0.15, 0.2) is 48.8 Å². The second-order valence-electron chi connectivity index (χ2n) is 3.89. The maximum atomic E-state index is 11.2. The van der Waals surface area contributed by atoms with Crippen LogP contribution in [0.25, 0.3) is 16.6 Å². The lowest BCUT2D eigenvalue weighted by atomic mass is 10.2. The van der Waals surface area contributed by atoms with Gasteiger partial charge in [-0.1, -0.05) is 29.8 Å². The van der Waals surface area contributed by atoms with E-state index in [2.05, 4.69) is 4.98 Å². The van der Waals surface area contributed by atoms with Gasteiger partial charge >= 0.3 is 0 Å². The van der Waals surface area contributed by atoms with E-state index < -0.39 is 0 Å². The molecular weight excluding hydrogens is 248 g/mol. The zero-order valence-corrected chi connectivity index (χ0v) is 10.1. The van der Waals surface area contributed by atoms with Gasteiger partial charge < -0.3 is 0 Å². The summed E-state index contributed by atoms with van der Waals surface area (Å²) in [7, 11) is 0. The Morgan fingerprint density at radius 2 is 1.94 bits per heavy atom. The van der Waals surface area contributed by atoms with Crippen molar-refractivity contribution < 1.29 is 4.79 Å². The van der Waals surface area contributed by atoms with E-state index in [-0.39, 0.29) is 0 Å². The third-order valence-corrected chi connectivity index (χ3v) is 3.25. The number of hydrogen-bond acceptors (Lipinski definition) is 2. The molecule has 0 fully saturated rings. The summed E-state index contributed by atoms with van der Waals surface area (Å²) in [5.41, 5.74) is 2.24. The molecule has 2 aromatic heterocycles. The van der Waals surface area contributed by atoms with Crippen LogP contribution in [0.1, 0.15) is 10.4 Å². The van der Waals surface area contributed by atoms with Gasteiger partial charge in [0.15, 0.2) is 6.29 Å². The van der Waals surface area contributed by atoms with E-state index in [1.54, 1.807) is 18.5 Å². The van der Waals surface area contributed by atoms with Gasteiger partial charge in [0.25, 0.3) is 0 Å². The molecule has 0 atom stereocenters. The van der Waals surface area contributed by atoms with E-state index in [1.165, 1.54) is 0 Å². The Kier molecular flexibility index (Phi) is 2.61. The summed E-state index contributed by atoms with van der Waals surface area (Å²) < 4.78 is 1.83. The van der Waals surface area contributed by atoms with Crippen LogP contribution in [0, 0.1) is 0 Å². The molecule has 0 radical (unpaired) electrons. The van der Waals surface area contributed by atoms with Gasteiger partial charge in [-0.15, -0.1) is 0 Å². The Morgan fingerprint density at radius 1 is 1.17 bits per heavy atom. The normalized spacial score (nSPS) is 10.7. The van der Waals surface area contributed by atoms with E-state index in [1.807, 2.05) is 34.9 Å². The van der Waals surface area contributed by atoms with Crippen molar-refractivity contribution in [1.29, 1.82) is 0 Å². The minimum absolute atomic E-state index is 0.416. The third kappa shape index (κ3) is 1.52. The summed E-state index contributed by atoms with van der Waals surface area (Å²) in [5.74, 6) is 0. The number of halogens is 1. The smallest absolute Gasteiger partial charge is 0.153 e. The molecule has 18 heavy (non-hydrogen) atoms. The molecule has 0 saturated carbocycles. The molecule has 3 aromatic rings. The maximum Gasteiger partial charge on any atom is 0.153 e.